The minimum Gasteiger partial charge on any atom is -0.452 e. The van der Waals surface area contributed by atoms with Gasteiger partial charge >= 0.3 is 18.0 Å². The number of nitrogens with one attached hydrogen (secondary N) is 3. The minimum absolute atomic E-state index is 0.169. The second-order valence-electron chi connectivity index (χ2n) is 4.44. The largest absolute Gasteiger partial charge is 0.452 e. The van der Waals surface area contributed by atoms with Gasteiger partial charge in [0.15, 0.2) is 6.61 Å². The van der Waals surface area contributed by atoms with E-state index >= 15 is 0 Å². The molecule has 1 aromatic rings. The van der Waals surface area contributed by atoms with Crippen LogP contribution in [-0.2, 0) is 14.3 Å². The fourth-order valence-corrected chi connectivity index (χ4v) is 1.52. The van der Waals surface area contributed by atoms with Gasteiger partial charge in [0, 0.05) is 19.3 Å². The van der Waals surface area contributed by atoms with Crippen LogP contribution >= 0.6 is 0 Å². The number of amides is 5. The lowest BCUT2D eigenvalue weighted by Crippen LogP contribution is -2.42. The van der Waals surface area contributed by atoms with Crippen molar-refractivity contribution in [3.05, 3.63) is 29.8 Å². The van der Waals surface area contributed by atoms with Gasteiger partial charge in [-0.2, -0.15) is 0 Å². The van der Waals surface area contributed by atoms with Crippen LogP contribution < -0.4 is 21.7 Å². The summed E-state index contributed by atoms with van der Waals surface area (Å²) in [5.74, 6) is -1.53. The highest BCUT2D eigenvalue weighted by atomic mass is 16.5. The predicted molar refractivity (Wildman–Crippen MR) is 83.3 cm³/mol. The number of benzene rings is 1. The van der Waals surface area contributed by atoms with Crippen molar-refractivity contribution in [1.29, 1.82) is 0 Å². The Labute approximate surface area is 137 Å². The predicted octanol–water partition coefficient (Wildman–Crippen LogP) is -0.194. The van der Waals surface area contributed by atoms with Crippen LogP contribution in [0.5, 0.6) is 0 Å². The Morgan fingerprint density at radius 1 is 1.12 bits per heavy atom. The van der Waals surface area contributed by atoms with Crippen molar-refractivity contribution in [3.8, 4) is 0 Å². The van der Waals surface area contributed by atoms with Gasteiger partial charge in [-0.25, -0.2) is 14.4 Å². The molecular formula is C14H18N4O6. The van der Waals surface area contributed by atoms with Gasteiger partial charge in [-0.15, -0.1) is 0 Å². The van der Waals surface area contributed by atoms with E-state index in [2.05, 4.69) is 10.6 Å². The Bertz CT molecular complexity index is 602. The molecule has 130 valence electrons. The molecule has 0 unspecified atom stereocenters. The number of imide groups is 1. The molecule has 0 aliphatic carbocycles. The number of methoxy groups -OCH3 is 1. The number of urea groups is 2. The number of hydrogen-bond donors (Lipinski definition) is 4. The maximum atomic E-state index is 11.7. The lowest BCUT2D eigenvalue weighted by Gasteiger charge is -2.07. The number of carbonyl (C=O) groups excluding carboxylic acids is 4. The normalized spacial score (nSPS) is 9.71. The third kappa shape index (κ3) is 7.22. The third-order valence-electron chi connectivity index (χ3n) is 2.57. The number of esters is 1. The topological polar surface area (TPSA) is 149 Å². The summed E-state index contributed by atoms with van der Waals surface area (Å²) in [4.78, 5) is 45.2. The van der Waals surface area contributed by atoms with Crippen LogP contribution in [0.25, 0.3) is 0 Å². The maximum absolute atomic E-state index is 11.7. The molecule has 0 spiro atoms. The molecule has 1 rings (SSSR count). The molecule has 0 aliphatic heterocycles. The van der Waals surface area contributed by atoms with Crippen LogP contribution in [0.15, 0.2) is 24.3 Å². The van der Waals surface area contributed by atoms with Crippen molar-refractivity contribution in [2.75, 3.05) is 32.2 Å². The second-order valence-corrected chi connectivity index (χ2v) is 4.44. The zero-order chi connectivity index (χ0) is 17.9. The first kappa shape index (κ1) is 18.9. The van der Waals surface area contributed by atoms with Crippen LogP contribution in [0.3, 0.4) is 0 Å². The summed E-state index contributed by atoms with van der Waals surface area (Å²) in [6.45, 7) is -0.0733. The molecule has 0 heterocycles. The summed E-state index contributed by atoms with van der Waals surface area (Å²) in [5.41, 5.74) is 5.53. The maximum Gasteiger partial charge on any atom is 0.338 e. The van der Waals surface area contributed by atoms with Gasteiger partial charge in [0.25, 0.3) is 5.91 Å². The average Bonchev–Trinajstić information content (AvgIpc) is 2.53. The van der Waals surface area contributed by atoms with E-state index in [1.165, 1.54) is 31.4 Å². The number of hydrogen-bond acceptors (Lipinski definition) is 6. The van der Waals surface area contributed by atoms with E-state index in [-0.39, 0.29) is 12.1 Å². The molecule has 0 aliphatic rings. The summed E-state index contributed by atoms with van der Waals surface area (Å²) in [6, 6.07) is 4.24. The van der Waals surface area contributed by atoms with E-state index in [4.69, 9.17) is 15.2 Å². The molecule has 0 fully saturated rings. The molecular weight excluding hydrogens is 320 g/mol. The highest BCUT2D eigenvalue weighted by Gasteiger charge is 2.12. The van der Waals surface area contributed by atoms with Crippen LogP contribution in [-0.4, -0.2) is 50.8 Å². The molecule has 0 bridgehead atoms. The van der Waals surface area contributed by atoms with Crippen molar-refractivity contribution in [1.82, 2.24) is 10.6 Å². The van der Waals surface area contributed by atoms with E-state index in [1.807, 2.05) is 5.32 Å². The molecule has 0 radical (unpaired) electrons. The SMILES string of the molecule is COCCNC(=O)NC(=O)COC(=O)c1ccc(NC(N)=O)cc1. The monoisotopic (exact) mass is 338 g/mol. The lowest BCUT2D eigenvalue weighted by molar-refractivity contribution is -0.123. The number of rotatable bonds is 7. The van der Waals surface area contributed by atoms with Crippen molar-refractivity contribution in [3.63, 3.8) is 0 Å². The Morgan fingerprint density at radius 2 is 1.79 bits per heavy atom. The molecule has 0 saturated heterocycles. The number of ether oxygens (including phenoxy) is 2. The van der Waals surface area contributed by atoms with E-state index in [1.54, 1.807) is 0 Å². The second kappa shape index (κ2) is 9.79. The molecule has 10 nitrogen and oxygen atoms in total. The first-order chi connectivity index (χ1) is 11.4. The summed E-state index contributed by atoms with van der Waals surface area (Å²) >= 11 is 0. The van der Waals surface area contributed by atoms with Crippen molar-refractivity contribution in [2.24, 2.45) is 5.73 Å². The minimum atomic E-state index is -0.773. The summed E-state index contributed by atoms with van der Waals surface area (Å²) < 4.78 is 9.50. The zero-order valence-corrected chi connectivity index (χ0v) is 13.0. The van der Waals surface area contributed by atoms with Crippen molar-refractivity contribution >= 4 is 29.6 Å². The quantitative estimate of drug-likeness (QED) is 0.400. The summed E-state index contributed by atoms with van der Waals surface area (Å²) in [6.07, 6.45) is 0. The van der Waals surface area contributed by atoms with Crippen LogP contribution in [0.4, 0.5) is 15.3 Å². The average molecular weight is 338 g/mol. The lowest BCUT2D eigenvalue weighted by atomic mass is 10.2. The Morgan fingerprint density at radius 3 is 2.38 bits per heavy atom. The molecule has 24 heavy (non-hydrogen) atoms. The molecule has 0 atom stereocenters. The number of anilines is 1. The van der Waals surface area contributed by atoms with Crippen LogP contribution in [0, 0.1) is 0 Å². The fourth-order valence-electron chi connectivity index (χ4n) is 1.52. The van der Waals surface area contributed by atoms with Crippen LogP contribution in [0.1, 0.15) is 10.4 Å². The molecule has 5 N–H and O–H groups in total. The number of nitrogens with two attached hydrogens (primary N) is 1. The Kier molecular flexibility index (Phi) is 7.71. The van der Waals surface area contributed by atoms with E-state index < -0.39 is 30.5 Å². The zero-order valence-electron chi connectivity index (χ0n) is 13.0. The van der Waals surface area contributed by atoms with E-state index in [0.717, 1.165) is 0 Å². The van der Waals surface area contributed by atoms with Gasteiger partial charge in [0.2, 0.25) is 0 Å². The van der Waals surface area contributed by atoms with Gasteiger partial charge in [-0.3, -0.25) is 10.1 Å². The summed E-state index contributed by atoms with van der Waals surface area (Å²) in [5, 5.41) is 6.70. The van der Waals surface area contributed by atoms with Crippen molar-refractivity contribution < 1.29 is 28.7 Å². The van der Waals surface area contributed by atoms with Gasteiger partial charge in [0.1, 0.15) is 0 Å². The van der Waals surface area contributed by atoms with E-state index in [0.29, 0.717) is 12.3 Å². The fraction of sp³-hybridized carbons (Fsp3) is 0.286. The smallest absolute Gasteiger partial charge is 0.338 e. The molecule has 0 aromatic heterocycles. The van der Waals surface area contributed by atoms with Gasteiger partial charge < -0.3 is 25.8 Å². The number of carbonyl (C=O) groups is 4. The molecule has 5 amide bonds. The van der Waals surface area contributed by atoms with Crippen molar-refractivity contribution in [2.45, 2.75) is 0 Å². The first-order valence-electron chi connectivity index (χ1n) is 6.82. The van der Waals surface area contributed by atoms with Crippen LogP contribution in [0.2, 0.25) is 0 Å². The highest BCUT2D eigenvalue weighted by molar-refractivity contribution is 5.97. The van der Waals surface area contributed by atoms with E-state index in [9.17, 15) is 19.2 Å². The standard InChI is InChI=1S/C14H18N4O6/c1-23-7-6-16-14(22)18-11(19)8-24-12(20)9-2-4-10(5-3-9)17-13(15)21/h2-5H,6-8H2,1H3,(H3,15,17,21)(H2,16,18,19,22). The van der Waals surface area contributed by atoms with Gasteiger partial charge in [0.05, 0.1) is 12.2 Å². The third-order valence-corrected chi connectivity index (χ3v) is 2.57. The van der Waals surface area contributed by atoms with Gasteiger partial charge in [-0.1, -0.05) is 0 Å². The molecule has 0 saturated carbocycles. The Balaban J connectivity index is 2.38. The highest BCUT2D eigenvalue weighted by Crippen LogP contribution is 2.10. The Hall–Kier alpha value is -3.14. The molecule has 1 aromatic carbocycles. The molecule has 10 heteroatoms. The number of primary amides is 1. The van der Waals surface area contributed by atoms with Gasteiger partial charge in [-0.05, 0) is 24.3 Å². The summed E-state index contributed by atoms with van der Waals surface area (Å²) in [7, 11) is 1.47. The first-order valence-corrected chi connectivity index (χ1v) is 6.82.